The highest BCUT2D eigenvalue weighted by molar-refractivity contribution is 7.11. The van der Waals surface area contributed by atoms with Gasteiger partial charge in [0.15, 0.2) is 0 Å². The van der Waals surface area contributed by atoms with E-state index >= 15 is 0 Å². The van der Waals surface area contributed by atoms with Gasteiger partial charge in [-0.1, -0.05) is 27.7 Å². The summed E-state index contributed by atoms with van der Waals surface area (Å²) in [6, 6.07) is 0. The third kappa shape index (κ3) is 5.61. The van der Waals surface area contributed by atoms with Crippen LogP contribution in [0.2, 0.25) is 0 Å². The fourth-order valence-corrected chi connectivity index (χ4v) is 3.64. The van der Waals surface area contributed by atoms with E-state index in [0.717, 1.165) is 32.1 Å². The smallest absolute Gasteiger partial charge is 0.0981 e. The molecule has 0 saturated carbocycles. The van der Waals surface area contributed by atoms with Gasteiger partial charge in [0.05, 0.1) is 11.1 Å². The van der Waals surface area contributed by atoms with Gasteiger partial charge in [0.1, 0.15) is 0 Å². The number of aliphatic hydroxyl groups is 1. The number of piperidine rings is 1. The summed E-state index contributed by atoms with van der Waals surface area (Å²) in [5.74, 6) is 0.842. The molecule has 1 unspecified atom stereocenters. The number of nitrogens with one attached hydrogen (secondary N) is 1. The second-order valence-corrected chi connectivity index (χ2v) is 8.76. The van der Waals surface area contributed by atoms with Crippen molar-refractivity contribution in [1.29, 1.82) is 0 Å². The van der Waals surface area contributed by atoms with Crippen LogP contribution in [0.1, 0.15) is 50.4 Å². The summed E-state index contributed by atoms with van der Waals surface area (Å²) in [5, 5.41) is 14.7. The zero-order valence-corrected chi connectivity index (χ0v) is 15.2. The Morgan fingerprint density at radius 2 is 2.09 bits per heavy atom. The average molecular weight is 326 g/mol. The van der Waals surface area contributed by atoms with E-state index in [2.05, 4.69) is 42.9 Å². The molecule has 4 nitrogen and oxygen atoms in total. The zero-order chi connectivity index (χ0) is 16.2. The molecule has 2 heterocycles. The van der Waals surface area contributed by atoms with Gasteiger partial charge in [-0.25, -0.2) is 4.98 Å². The third-order valence-corrected chi connectivity index (χ3v) is 5.64. The van der Waals surface area contributed by atoms with E-state index in [-0.39, 0.29) is 11.5 Å². The molecule has 0 bridgehead atoms. The van der Waals surface area contributed by atoms with Crippen LogP contribution in [-0.2, 0) is 12.0 Å². The molecule has 0 spiro atoms. The number of aliphatic hydroxyl groups excluding tert-OH is 1. The Morgan fingerprint density at radius 1 is 1.41 bits per heavy atom. The number of likely N-dealkylation sites (tertiary alicyclic amines) is 1. The van der Waals surface area contributed by atoms with Crippen LogP contribution >= 0.6 is 11.3 Å². The Labute approximate surface area is 138 Å². The van der Waals surface area contributed by atoms with Crippen LogP contribution in [0.15, 0.2) is 6.20 Å². The van der Waals surface area contributed by atoms with Gasteiger partial charge in [-0.15, -0.1) is 11.3 Å². The van der Waals surface area contributed by atoms with Gasteiger partial charge in [-0.2, -0.15) is 0 Å². The first-order valence-corrected chi connectivity index (χ1v) is 9.22. The van der Waals surface area contributed by atoms with Gasteiger partial charge in [0.25, 0.3) is 0 Å². The molecule has 0 aliphatic carbocycles. The molecule has 1 aliphatic rings. The van der Waals surface area contributed by atoms with Crippen LogP contribution in [0.5, 0.6) is 0 Å². The molecular weight excluding hydrogens is 294 g/mol. The van der Waals surface area contributed by atoms with Crippen LogP contribution < -0.4 is 5.32 Å². The van der Waals surface area contributed by atoms with Crippen molar-refractivity contribution in [1.82, 2.24) is 15.2 Å². The quantitative estimate of drug-likeness (QED) is 0.844. The number of rotatable bonds is 6. The largest absolute Gasteiger partial charge is 0.390 e. The number of hydrogen-bond donors (Lipinski definition) is 2. The predicted octanol–water partition coefficient (Wildman–Crippen LogP) is 2.62. The maximum absolute atomic E-state index is 10.2. The molecule has 1 aliphatic heterocycles. The standard InChI is InChI=1S/C17H31N3OS/c1-13-5-7-20(8-6-13)12-14(21)9-18-10-15-11-19-16(22-15)17(2,3)4/h11,13-14,18,21H,5-10,12H2,1-4H3. The summed E-state index contributed by atoms with van der Waals surface area (Å²) in [6.07, 6.45) is 4.19. The Hall–Kier alpha value is -0.490. The van der Waals surface area contributed by atoms with Crippen molar-refractivity contribution in [3.8, 4) is 0 Å². The first-order chi connectivity index (χ1) is 10.3. The van der Waals surface area contributed by atoms with Gasteiger partial charge in [0, 0.05) is 36.1 Å². The average Bonchev–Trinajstić information content (AvgIpc) is 2.90. The summed E-state index contributed by atoms with van der Waals surface area (Å²) >= 11 is 1.76. The summed E-state index contributed by atoms with van der Waals surface area (Å²) < 4.78 is 0. The monoisotopic (exact) mass is 325 g/mol. The van der Waals surface area contributed by atoms with E-state index < -0.39 is 0 Å². The SMILES string of the molecule is CC1CCN(CC(O)CNCc2cnc(C(C)(C)C)s2)CC1. The fourth-order valence-electron chi connectivity index (χ4n) is 2.71. The lowest BCUT2D eigenvalue weighted by Crippen LogP contribution is -2.41. The highest BCUT2D eigenvalue weighted by atomic mass is 32.1. The Bertz CT molecular complexity index is 447. The third-order valence-electron chi connectivity index (χ3n) is 4.22. The van der Waals surface area contributed by atoms with Crippen molar-refractivity contribution in [3.63, 3.8) is 0 Å². The molecule has 5 heteroatoms. The summed E-state index contributed by atoms with van der Waals surface area (Å²) in [6.45, 7) is 13.4. The topological polar surface area (TPSA) is 48.4 Å². The second kappa shape index (κ2) is 7.86. The summed E-state index contributed by atoms with van der Waals surface area (Å²) in [7, 11) is 0. The fraction of sp³-hybridized carbons (Fsp3) is 0.824. The van der Waals surface area contributed by atoms with E-state index in [4.69, 9.17) is 0 Å². The van der Waals surface area contributed by atoms with E-state index in [1.54, 1.807) is 11.3 Å². The van der Waals surface area contributed by atoms with Crippen molar-refractivity contribution < 1.29 is 5.11 Å². The molecule has 0 amide bonds. The number of nitrogens with zero attached hydrogens (tertiary/aromatic N) is 2. The zero-order valence-electron chi connectivity index (χ0n) is 14.4. The number of aromatic nitrogens is 1. The van der Waals surface area contributed by atoms with Gasteiger partial charge in [0.2, 0.25) is 0 Å². The maximum atomic E-state index is 10.2. The van der Waals surface area contributed by atoms with E-state index in [0.29, 0.717) is 6.54 Å². The molecule has 2 N–H and O–H groups in total. The van der Waals surface area contributed by atoms with E-state index in [9.17, 15) is 5.11 Å². The molecule has 2 rings (SSSR count). The number of β-amino-alcohol motifs (C(OH)–C–C–N with tert-alkyl or cyclic N) is 1. The van der Waals surface area contributed by atoms with Crippen molar-refractivity contribution in [2.24, 2.45) is 5.92 Å². The normalized spacial score (nSPS) is 19.5. The summed E-state index contributed by atoms with van der Waals surface area (Å²) in [5.41, 5.74) is 0.119. The van der Waals surface area contributed by atoms with Crippen LogP contribution in [0.3, 0.4) is 0 Å². The van der Waals surface area contributed by atoms with Crippen molar-refractivity contribution >= 4 is 11.3 Å². The molecule has 0 radical (unpaired) electrons. The van der Waals surface area contributed by atoms with Crippen molar-refractivity contribution in [2.45, 2.75) is 58.6 Å². The highest BCUT2D eigenvalue weighted by Crippen LogP contribution is 2.26. The Morgan fingerprint density at radius 3 is 2.68 bits per heavy atom. The number of hydrogen-bond acceptors (Lipinski definition) is 5. The molecule has 0 aromatic carbocycles. The minimum Gasteiger partial charge on any atom is -0.390 e. The van der Waals surface area contributed by atoms with Gasteiger partial charge < -0.3 is 15.3 Å². The molecule has 1 aromatic rings. The second-order valence-electron chi connectivity index (χ2n) is 7.65. The molecular formula is C17H31N3OS. The van der Waals surface area contributed by atoms with Crippen LogP contribution in [0, 0.1) is 5.92 Å². The molecule has 1 fully saturated rings. The summed E-state index contributed by atoms with van der Waals surface area (Å²) in [4.78, 5) is 8.12. The van der Waals surface area contributed by atoms with Crippen LogP contribution in [0.25, 0.3) is 0 Å². The molecule has 126 valence electrons. The van der Waals surface area contributed by atoms with Crippen molar-refractivity contribution in [3.05, 3.63) is 16.1 Å². The lowest BCUT2D eigenvalue weighted by molar-refractivity contribution is 0.0907. The van der Waals surface area contributed by atoms with Gasteiger partial charge in [-0.05, 0) is 31.8 Å². The van der Waals surface area contributed by atoms with Gasteiger partial charge in [-0.3, -0.25) is 0 Å². The molecule has 1 aromatic heterocycles. The first kappa shape index (κ1) is 17.9. The first-order valence-electron chi connectivity index (χ1n) is 8.41. The Kier molecular flexibility index (Phi) is 6.38. The maximum Gasteiger partial charge on any atom is 0.0981 e. The predicted molar refractivity (Wildman–Crippen MR) is 93.4 cm³/mol. The lowest BCUT2D eigenvalue weighted by Gasteiger charge is -2.31. The van der Waals surface area contributed by atoms with E-state index in [1.807, 2.05) is 6.20 Å². The number of thiazole rings is 1. The van der Waals surface area contributed by atoms with Gasteiger partial charge >= 0.3 is 0 Å². The van der Waals surface area contributed by atoms with E-state index in [1.165, 1.54) is 22.7 Å². The molecule has 1 atom stereocenters. The molecule has 22 heavy (non-hydrogen) atoms. The van der Waals surface area contributed by atoms with Crippen LogP contribution in [0.4, 0.5) is 0 Å². The van der Waals surface area contributed by atoms with Crippen molar-refractivity contribution in [2.75, 3.05) is 26.2 Å². The highest BCUT2D eigenvalue weighted by Gasteiger charge is 2.19. The Balaban J connectivity index is 1.66. The molecule has 1 saturated heterocycles. The van der Waals surface area contributed by atoms with Crippen LogP contribution in [-0.4, -0.2) is 47.3 Å². The minimum absolute atomic E-state index is 0.119. The minimum atomic E-state index is -0.289. The lowest BCUT2D eigenvalue weighted by atomic mass is 9.98.